The Labute approximate surface area is 191 Å². The van der Waals surface area contributed by atoms with E-state index in [0.717, 1.165) is 5.75 Å². The van der Waals surface area contributed by atoms with Crippen molar-refractivity contribution in [3.8, 4) is 5.69 Å². The Morgan fingerprint density at radius 1 is 1.13 bits per heavy atom. The highest BCUT2D eigenvalue weighted by atomic mass is 35.5. The third kappa shape index (κ3) is 5.36. The van der Waals surface area contributed by atoms with E-state index in [1.807, 2.05) is 56.5 Å². The molecule has 1 N–H and O–H groups in total. The zero-order valence-corrected chi connectivity index (χ0v) is 19.6. The van der Waals surface area contributed by atoms with Crippen LogP contribution in [0.5, 0.6) is 0 Å². The lowest BCUT2D eigenvalue weighted by Gasteiger charge is -2.22. The molecule has 0 saturated heterocycles. The number of nitrogens with zero attached hydrogens (tertiary/aromatic N) is 3. The molecular weight excluding hydrogens is 439 g/mol. The highest BCUT2D eigenvalue weighted by Gasteiger charge is 2.27. The lowest BCUT2D eigenvalue weighted by atomic mass is 9.95. The van der Waals surface area contributed by atoms with Crippen LogP contribution in [0.3, 0.4) is 0 Å². The summed E-state index contributed by atoms with van der Waals surface area (Å²) < 4.78 is 1.89. The smallest absolute Gasteiger partial charge is 0.225 e. The number of benzene rings is 2. The summed E-state index contributed by atoms with van der Waals surface area (Å²) in [5.74, 6) is 1.27. The molecule has 1 amide bonds. The number of carbonyl (C=O) groups excluding carboxylic acids is 1. The number of nitrogens with one attached hydrogen (secondary N) is 1. The fourth-order valence-electron chi connectivity index (χ4n) is 2.74. The molecule has 0 bridgehead atoms. The second kappa shape index (κ2) is 9.41. The highest BCUT2D eigenvalue weighted by molar-refractivity contribution is 7.98. The Hall–Kier alpha value is -2.02. The van der Waals surface area contributed by atoms with Crippen LogP contribution in [-0.4, -0.2) is 20.7 Å². The van der Waals surface area contributed by atoms with Gasteiger partial charge in [-0.1, -0.05) is 86.1 Å². The highest BCUT2D eigenvalue weighted by Crippen LogP contribution is 2.32. The van der Waals surface area contributed by atoms with Crippen molar-refractivity contribution in [3.05, 3.63) is 70.0 Å². The van der Waals surface area contributed by atoms with Gasteiger partial charge in [0.05, 0.1) is 16.8 Å². The molecule has 0 fully saturated rings. The summed E-state index contributed by atoms with van der Waals surface area (Å²) in [5.41, 5.74) is 1.38. The molecule has 0 spiro atoms. The molecule has 0 aliphatic rings. The first-order chi connectivity index (χ1) is 14.2. The minimum absolute atomic E-state index is 0.0646. The molecule has 0 aliphatic carbocycles. The monoisotopic (exact) mass is 462 g/mol. The number of rotatable bonds is 6. The third-order valence-corrected chi connectivity index (χ3v) is 5.97. The van der Waals surface area contributed by atoms with Gasteiger partial charge >= 0.3 is 0 Å². The second-order valence-electron chi connectivity index (χ2n) is 7.99. The zero-order valence-electron chi connectivity index (χ0n) is 17.3. The van der Waals surface area contributed by atoms with Crippen LogP contribution in [0.4, 0.5) is 0 Å². The van der Waals surface area contributed by atoms with Gasteiger partial charge in [-0.15, -0.1) is 10.2 Å². The van der Waals surface area contributed by atoms with Gasteiger partial charge in [-0.25, -0.2) is 0 Å². The van der Waals surface area contributed by atoms with Gasteiger partial charge in [0.15, 0.2) is 11.0 Å². The zero-order chi connectivity index (χ0) is 21.9. The molecule has 5 nitrogen and oxygen atoms in total. The van der Waals surface area contributed by atoms with Crippen LogP contribution >= 0.6 is 35.0 Å². The normalized spacial score (nSPS) is 12.6. The van der Waals surface area contributed by atoms with Crippen LogP contribution in [0, 0.1) is 5.41 Å². The first-order valence-corrected chi connectivity index (χ1v) is 11.3. The van der Waals surface area contributed by atoms with Crippen LogP contribution in [0.2, 0.25) is 10.0 Å². The van der Waals surface area contributed by atoms with Crippen molar-refractivity contribution >= 4 is 40.9 Å². The molecule has 8 heteroatoms. The van der Waals surface area contributed by atoms with Crippen molar-refractivity contribution < 1.29 is 4.79 Å². The Kier molecular flexibility index (Phi) is 7.11. The van der Waals surface area contributed by atoms with E-state index in [2.05, 4.69) is 27.6 Å². The number of thioether (sulfide) groups is 1. The van der Waals surface area contributed by atoms with E-state index in [-0.39, 0.29) is 11.9 Å². The maximum atomic E-state index is 12.5. The molecule has 1 atom stereocenters. The number of hydrogen-bond donors (Lipinski definition) is 1. The van der Waals surface area contributed by atoms with Gasteiger partial charge in [-0.3, -0.25) is 9.36 Å². The summed E-state index contributed by atoms with van der Waals surface area (Å²) >= 11 is 14.2. The summed E-state index contributed by atoms with van der Waals surface area (Å²) in [5, 5.41) is 13.5. The number of halogens is 2. The summed E-state index contributed by atoms with van der Waals surface area (Å²) in [4.78, 5) is 12.5. The van der Waals surface area contributed by atoms with E-state index in [1.54, 1.807) is 23.9 Å². The number of carbonyl (C=O) groups is 1. The average Bonchev–Trinajstić information content (AvgIpc) is 3.10. The molecule has 3 rings (SSSR count). The molecule has 1 unspecified atom stereocenters. The summed E-state index contributed by atoms with van der Waals surface area (Å²) in [6.45, 7) is 7.50. The van der Waals surface area contributed by atoms with Gasteiger partial charge in [-0.2, -0.15) is 0 Å². The minimum atomic E-state index is -0.512. The van der Waals surface area contributed by atoms with Gasteiger partial charge in [0.25, 0.3) is 0 Å². The van der Waals surface area contributed by atoms with Crippen LogP contribution in [0.15, 0.2) is 53.7 Å². The molecule has 158 valence electrons. The molecular formula is C22H24Cl2N4OS. The Morgan fingerprint density at radius 2 is 1.83 bits per heavy atom. The Morgan fingerprint density at radius 3 is 2.47 bits per heavy atom. The fraction of sp³-hybridized carbons (Fsp3) is 0.318. The number of aromatic nitrogens is 3. The number of hydrogen-bond acceptors (Lipinski definition) is 4. The Balaban J connectivity index is 1.98. The fourth-order valence-corrected chi connectivity index (χ4v) is 4.14. The third-order valence-electron chi connectivity index (χ3n) is 4.44. The lowest BCUT2D eigenvalue weighted by Crippen LogP contribution is -2.37. The molecule has 0 saturated carbocycles. The molecule has 1 aromatic heterocycles. The van der Waals surface area contributed by atoms with Crippen molar-refractivity contribution in [2.45, 2.75) is 44.6 Å². The first kappa shape index (κ1) is 22.7. The molecule has 0 aliphatic heterocycles. The van der Waals surface area contributed by atoms with E-state index in [1.165, 1.54) is 5.56 Å². The van der Waals surface area contributed by atoms with Crippen LogP contribution in [0.25, 0.3) is 5.69 Å². The minimum Gasteiger partial charge on any atom is -0.346 e. The molecule has 30 heavy (non-hydrogen) atoms. The largest absolute Gasteiger partial charge is 0.346 e. The van der Waals surface area contributed by atoms with Crippen molar-refractivity contribution in [1.29, 1.82) is 0 Å². The van der Waals surface area contributed by atoms with Crippen LogP contribution in [0.1, 0.15) is 45.1 Å². The van der Waals surface area contributed by atoms with Gasteiger partial charge < -0.3 is 5.32 Å². The van der Waals surface area contributed by atoms with Crippen LogP contribution in [-0.2, 0) is 10.5 Å². The van der Waals surface area contributed by atoms with Gasteiger partial charge in [0, 0.05) is 16.2 Å². The topological polar surface area (TPSA) is 59.8 Å². The summed E-state index contributed by atoms with van der Waals surface area (Å²) in [7, 11) is 0. The van der Waals surface area contributed by atoms with Crippen molar-refractivity contribution in [2.24, 2.45) is 5.41 Å². The first-order valence-electron chi connectivity index (χ1n) is 9.55. The average molecular weight is 463 g/mol. The van der Waals surface area contributed by atoms with Gasteiger partial charge in [0.2, 0.25) is 5.91 Å². The summed E-state index contributed by atoms with van der Waals surface area (Å²) in [6, 6.07) is 15.1. The number of amides is 1. The Bertz CT molecular complexity index is 1030. The maximum Gasteiger partial charge on any atom is 0.225 e. The lowest BCUT2D eigenvalue weighted by molar-refractivity contribution is -0.129. The predicted molar refractivity (Wildman–Crippen MR) is 123 cm³/mol. The maximum absolute atomic E-state index is 12.5. The van der Waals surface area contributed by atoms with E-state index >= 15 is 0 Å². The van der Waals surface area contributed by atoms with Gasteiger partial charge in [0.1, 0.15) is 0 Å². The standard InChI is InChI=1S/C22H24Cl2N4OS/c1-14(25-20(29)22(2,3)4)19-26-27-21(30-13-15-8-6-5-7-9-15)28(19)18-11-10-16(23)12-17(18)24/h5-12,14H,13H2,1-4H3,(H,25,29). The SMILES string of the molecule is CC(NC(=O)C(C)(C)C)c1nnc(SCc2ccccc2)n1-c1ccc(Cl)cc1Cl. The second-order valence-corrected chi connectivity index (χ2v) is 9.78. The summed E-state index contributed by atoms with van der Waals surface area (Å²) in [6.07, 6.45) is 0. The predicted octanol–water partition coefficient (Wildman–Crippen LogP) is 6.09. The van der Waals surface area contributed by atoms with Crippen molar-refractivity contribution in [3.63, 3.8) is 0 Å². The van der Waals surface area contributed by atoms with E-state index in [0.29, 0.717) is 26.7 Å². The van der Waals surface area contributed by atoms with Crippen LogP contribution < -0.4 is 5.32 Å². The van der Waals surface area contributed by atoms with E-state index in [4.69, 9.17) is 23.2 Å². The van der Waals surface area contributed by atoms with Crippen molar-refractivity contribution in [2.75, 3.05) is 0 Å². The van der Waals surface area contributed by atoms with E-state index in [9.17, 15) is 4.79 Å². The van der Waals surface area contributed by atoms with Gasteiger partial charge in [-0.05, 0) is 30.7 Å². The quantitative estimate of drug-likeness (QED) is 0.450. The molecule has 2 aromatic carbocycles. The van der Waals surface area contributed by atoms with Crippen molar-refractivity contribution in [1.82, 2.24) is 20.1 Å². The molecule has 0 radical (unpaired) electrons. The molecule has 1 heterocycles. The molecule has 3 aromatic rings. The van der Waals surface area contributed by atoms with E-state index < -0.39 is 5.41 Å².